The van der Waals surface area contributed by atoms with E-state index >= 15 is 0 Å². The lowest BCUT2D eigenvalue weighted by Gasteiger charge is -2.19. The van der Waals surface area contributed by atoms with Gasteiger partial charge in [-0.1, -0.05) is 23.7 Å². The zero-order valence-corrected chi connectivity index (χ0v) is 13.3. The Balaban J connectivity index is 2.02. The first kappa shape index (κ1) is 15.1. The minimum absolute atomic E-state index is 0.113. The van der Waals surface area contributed by atoms with Crippen molar-refractivity contribution in [1.29, 1.82) is 0 Å². The molecule has 0 amide bonds. The number of nitrogens with zero attached hydrogens (tertiary/aromatic N) is 2. The fraction of sp³-hybridized carbons (Fsp3) is 0.438. The molecule has 0 bridgehead atoms. The minimum Gasteiger partial charge on any atom is -0.308 e. The summed E-state index contributed by atoms with van der Waals surface area (Å²) in [5.74, 6) is 0. The van der Waals surface area contributed by atoms with E-state index < -0.39 is 0 Å². The highest BCUT2D eigenvalue weighted by Gasteiger charge is 2.09. The van der Waals surface area contributed by atoms with Crippen LogP contribution in [0.4, 0.5) is 0 Å². The summed E-state index contributed by atoms with van der Waals surface area (Å²) >= 11 is 6.25. The number of halogens is 1. The van der Waals surface area contributed by atoms with Crippen molar-refractivity contribution in [3.05, 3.63) is 52.3 Å². The lowest BCUT2D eigenvalue weighted by Crippen LogP contribution is -2.34. The van der Waals surface area contributed by atoms with Crippen molar-refractivity contribution in [3.63, 3.8) is 0 Å². The van der Waals surface area contributed by atoms with Crippen LogP contribution >= 0.6 is 11.6 Å². The van der Waals surface area contributed by atoms with Crippen LogP contribution in [-0.4, -0.2) is 15.3 Å². The van der Waals surface area contributed by atoms with Crippen LogP contribution in [0.3, 0.4) is 0 Å². The molecule has 0 aliphatic carbocycles. The molecule has 2 rings (SSSR count). The van der Waals surface area contributed by atoms with Gasteiger partial charge in [-0.15, -0.1) is 0 Å². The highest BCUT2D eigenvalue weighted by Crippen LogP contribution is 2.18. The van der Waals surface area contributed by atoms with E-state index in [2.05, 4.69) is 49.5 Å². The van der Waals surface area contributed by atoms with Gasteiger partial charge in [-0.3, -0.25) is 4.68 Å². The third-order valence-electron chi connectivity index (χ3n) is 3.05. The van der Waals surface area contributed by atoms with Crippen LogP contribution in [0.1, 0.15) is 37.5 Å². The number of hydrogen-bond acceptors (Lipinski definition) is 2. The number of rotatable bonds is 4. The van der Waals surface area contributed by atoms with Crippen molar-refractivity contribution in [2.45, 2.75) is 46.3 Å². The van der Waals surface area contributed by atoms with E-state index in [4.69, 9.17) is 11.6 Å². The summed E-state index contributed by atoms with van der Waals surface area (Å²) in [7, 11) is 0. The summed E-state index contributed by atoms with van der Waals surface area (Å²) in [5, 5.41) is 8.65. The van der Waals surface area contributed by atoms with Crippen molar-refractivity contribution in [3.8, 4) is 0 Å². The highest BCUT2D eigenvalue weighted by molar-refractivity contribution is 6.31. The van der Waals surface area contributed by atoms with Crippen LogP contribution in [0.5, 0.6) is 0 Å². The highest BCUT2D eigenvalue weighted by atomic mass is 35.5. The summed E-state index contributed by atoms with van der Waals surface area (Å²) in [5.41, 5.74) is 3.57. The normalized spacial score (nSPS) is 11.8. The van der Waals surface area contributed by atoms with Gasteiger partial charge in [0.25, 0.3) is 0 Å². The molecule has 1 aromatic heterocycles. The van der Waals surface area contributed by atoms with Crippen LogP contribution in [0, 0.1) is 6.92 Å². The van der Waals surface area contributed by atoms with Crippen LogP contribution in [0.25, 0.3) is 0 Å². The smallest absolute Gasteiger partial charge is 0.0674 e. The molecule has 0 spiro atoms. The van der Waals surface area contributed by atoms with Crippen LogP contribution < -0.4 is 5.32 Å². The predicted molar refractivity (Wildman–Crippen MR) is 84.1 cm³/mol. The van der Waals surface area contributed by atoms with E-state index in [1.54, 1.807) is 0 Å². The molecule has 0 radical (unpaired) electrons. The molecule has 0 aliphatic rings. The molecule has 108 valence electrons. The number of hydrogen-bond donors (Lipinski definition) is 1. The molecule has 2 aromatic rings. The second-order valence-corrected chi connectivity index (χ2v) is 6.65. The molecule has 20 heavy (non-hydrogen) atoms. The first-order chi connectivity index (χ1) is 9.33. The molecule has 0 unspecified atom stereocenters. The fourth-order valence-corrected chi connectivity index (χ4v) is 2.20. The molecule has 0 saturated heterocycles. The zero-order valence-electron chi connectivity index (χ0n) is 12.6. The summed E-state index contributed by atoms with van der Waals surface area (Å²) in [6, 6.07) is 6.13. The van der Waals surface area contributed by atoms with Gasteiger partial charge in [-0.05, 0) is 44.9 Å². The molecular formula is C16H22ClN3. The number of aryl methyl sites for hydroxylation is 1. The van der Waals surface area contributed by atoms with Crippen molar-refractivity contribution in [1.82, 2.24) is 15.1 Å². The average Bonchev–Trinajstić information content (AvgIpc) is 2.77. The molecule has 1 N–H and O–H groups in total. The van der Waals surface area contributed by atoms with Gasteiger partial charge in [-0.2, -0.15) is 5.10 Å². The van der Waals surface area contributed by atoms with Gasteiger partial charge < -0.3 is 5.32 Å². The molecule has 4 heteroatoms. The van der Waals surface area contributed by atoms with Crippen LogP contribution in [0.2, 0.25) is 5.02 Å². The van der Waals surface area contributed by atoms with E-state index in [0.717, 1.165) is 17.1 Å². The minimum atomic E-state index is 0.113. The lowest BCUT2D eigenvalue weighted by molar-refractivity contribution is 0.424. The summed E-state index contributed by atoms with van der Waals surface area (Å²) < 4.78 is 1.93. The SMILES string of the molecule is Cc1ccc(Cn2cc(CNC(C)(C)C)cn2)c(Cl)c1. The maximum atomic E-state index is 6.25. The Bertz CT molecular complexity index is 582. The van der Waals surface area contributed by atoms with E-state index in [9.17, 15) is 0 Å². The Morgan fingerprint density at radius 2 is 2.05 bits per heavy atom. The van der Waals surface area contributed by atoms with Gasteiger partial charge in [0.05, 0.1) is 12.7 Å². The summed E-state index contributed by atoms with van der Waals surface area (Å²) in [4.78, 5) is 0. The van der Waals surface area contributed by atoms with E-state index in [1.807, 2.05) is 23.9 Å². The molecule has 0 atom stereocenters. The van der Waals surface area contributed by atoms with Crippen LogP contribution in [-0.2, 0) is 13.1 Å². The molecule has 0 saturated carbocycles. The van der Waals surface area contributed by atoms with Gasteiger partial charge >= 0.3 is 0 Å². The second-order valence-electron chi connectivity index (χ2n) is 6.24. The Hall–Kier alpha value is -1.32. The molecule has 1 aromatic carbocycles. The Kier molecular flexibility index (Phi) is 4.51. The van der Waals surface area contributed by atoms with E-state index in [0.29, 0.717) is 6.54 Å². The molecule has 1 heterocycles. The zero-order chi connectivity index (χ0) is 14.8. The Morgan fingerprint density at radius 1 is 1.30 bits per heavy atom. The van der Waals surface area contributed by atoms with Gasteiger partial charge in [-0.25, -0.2) is 0 Å². The largest absolute Gasteiger partial charge is 0.308 e. The topological polar surface area (TPSA) is 29.9 Å². The van der Waals surface area contributed by atoms with Gasteiger partial charge in [0.1, 0.15) is 0 Å². The average molecular weight is 292 g/mol. The van der Waals surface area contributed by atoms with E-state index in [-0.39, 0.29) is 5.54 Å². The quantitative estimate of drug-likeness (QED) is 0.929. The predicted octanol–water partition coefficient (Wildman–Crippen LogP) is 3.78. The molecule has 0 aliphatic heterocycles. The molecular weight excluding hydrogens is 270 g/mol. The first-order valence-electron chi connectivity index (χ1n) is 6.85. The maximum Gasteiger partial charge on any atom is 0.0674 e. The van der Waals surface area contributed by atoms with Crippen molar-refractivity contribution in [2.24, 2.45) is 0 Å². The van der Waals surface area contributed by atoms with Gasteiger partial charge in [0.15, 0.2) is 0 Å². The van der Waals surface area contributed by atoms with Crippen molar-refractivity contribution < 1.29 is 0 Å². The van der Waals surface area contributed by atoms with Gasteiger partial charge in [0, 0.05) is 28.9 Å². The number of nitrogens with one attached hydrogen (secondary N) is 1. The molecule has 3 nitrogen and oxygen atoms in total. The monoisotopic (exact) mass is 291 g/mol. The third-order valence-corrected chi connectivity index (χ3v) is 3.40. The first-order valence-corrected chi connectivity index (χ1v) is 7.23. The number of aromatic nitrogens is 2. The lowest BCUT2D eigenvalue weighted by atomic mass is 10.1. The Labute approximate surface area is 126 Å². The number of benzene rings is 1. The van der Waals surface area contributed by atoms with Gasteiger partial charge in [0.2, 0.25) is 0 Å². The summed E-state index contributed by atoms with van der Waals surface area (Å²) in [6.45, 7) is 10.0. The maximum absolute atomic E-state index is 6.25. The second kappa shape index (κ2) is 5.98. The Morgan fingerprint density at radius 3 is 2.70 bits per heavy atom. The van der Waals surface area contributed by atoms with Crippen LogP contribution in [0.15, 0.2) is 30.6 Å². The standard InChI is InChI=1S/C16H22ClN3/c1-12-5-6-14(15(17)7-12)11-20-10-13(9-19-20)8-18-16(2,3)4/h5-7,9-10,18H,8,11H2,1-4H3. The fourth-order valence-electron chi connectivity index (χ4n) is 1.91. The third kappa shape index (κ3) is 4.36. The molecule has 0 fully saturated rings. The van der Waals surface area contributed by atoms with E-state index in [1.165, 1.54) is 11.1 Å². The summed E-state index contributed by atoms with van der Waals surface area (Å²) in [6.07, 6.45) is 3.97. The van der Waals surface area contributed by atoms with Crippen molar-refractivity contribution in [2.75, 3.05) is 0 Å². The van der Waals surface area contributed by atoms with Crippen molar-refractivity contribution >= 4 is 11.6 Å².